The van der Waals surface area contributed by atoms with Gasteiger partial charge in [0.15, 0.2) is 0 Å². The van der Waals surface area contributed by atoms with E-state index in [1.165, 1.54) is 115 Å². The Kier molecular flexibility index (Phi) is 22.8. The fraction of sp³-hybridized carbons (Fsp3) is 0.906. The van der Waals surface area contributed by atoms with Crippen LogP contribution < -0.4 is 0 Å². The van der Waals surface area contributed by atoms with Crippen molar-refractivity contribution in [3.63, 3.8) is 0 Å². The van der Waals surface area contributed by atoms with Crippen LogP contribution in [-0.2, 0) is 27.9 Å². The summed E-state index contributed by atoms with van der Waals surface area (Å²) in [7, 11) is 1.70. The van der Waals surface area contributed by atoms with E-state index in [9.17, 15) is 14.3 Å². The fourth-order valence-electron chi connectivity index (χ4n) is 12.4. The zero-order valence-electron chi connectivity index (χ0n) is 41.6. The quantitative estimate of drug-likeness (QED) is 0.0244. The van der Waals surface area contributed by atoms with Crippen molar-refractivity contribution >= 4 is 13.8 Å². The van der Waals surface area contributed by atoms with Crippen LogP contribution >= 0.6 is 7.82 Å². The molecule has 0 aromatic rings. The summed E-state index contributed by atoms with van der Waals surface area (Å²) < 4.78 is 36.8. The van der Waals surface area contributed by atoms with Gasteiger partial charge in [0.2, 0.25) is 0 Å². The SMILES string of the molecule is CCCCCCCC/C=C\CCCCCCCC(=O)OC[C@@H](COP(=O)(O)OCC[N+](C)(C)C)O[C@H]1CC[C@@]2(C)C(=CC[C@H]3[C@@H]4CC[C@H]([C@H](C)CCCC(C)C)[C@@]4(C)CC[C@@H]32)C1. The lowest BCUT2D eigenvalue weighted by Gasteiger charge is -2.58. The van der Waals surface area contributed by atoms with Crippen LogP contribution in [0.15, 0.2) is 23.8 Å². The number of rotatable bonds is 31. The van der Waals surface area contributed by atoms with Crippen LogP contribution in [0.4, 0.5) is 0 Å². The molecule has 0 bridgehead atoms. The first-order valence-electron chi connectivity index (χ1n) is 26.0. The van der Waals surface area contributed by atoms with Gasteiger partial charge in [-0.05, 0) is 130 Å². The summed E-state index contributed by atoms with van der Waals surface area (Å²) in [5.41, 5.74) is 2.19. The van der Waals surface area contributed by atoms with Gasteiger partial charge in [-0.15, -0.1) is 0 Å². The third-order valence-electron chi connectivity index (χ3n) is 16.2. The fourth-order valence-corrected chi connectivity index (χ4v) is 13.2. The molecule has 62 heavy (non-hydrogen) atoms. The molecule has 0 radical (unpaired) electrons. The molecule has 0 aromatic carbocycles. The number of nitrogens with zero attached hydrogens (tertiary/aromatic N) is 1. The molecule has 1 unspecified atom stereocenters. The molecule has 1 N–H and O–H groups in total. The zero-order chi connectivity index (χ0) is 45.2. The van der Waals surface area contributed by atoms with Gasteiger partial charge in [0, 0.05) is 6.42 Å². The van der Waals surface area contributed by atoms with Crippen molar-refractivity contribution in [2.45, 2.75) is 214 Å². The maximum absolute atomic E-state index is 12.9. The van der Waals surface area contributed by atoms with Crippen molar-refractivity contribution in [3.8, 4) is 0 Å². The molecular weight excluding hydrogens is 794 g/mol. The molecule has 0 amide bonds. The molecule has 4 aliphatic carbocycles. The zero-order valence-corrected chi connectivity index (χ0v) is 42.5. The van der Waals surface area contributed by atoms with Crippen LogP contribution in [0.5, 0.6) is 0 Å². The smallest absolute Gasteiger partial charge is 0.463 e. The molecule has 360 valence electrons. The number of allylic oxidation sites excluding steroid dienone is 3. The molecule has 4 aliphatic rings. The number of phosphoric ester groups is 1. The highest BCUT2D eigenvalue weighted by Crippen LogP contribution is 2.67. The number of carbonyl (C=O) groups is 1. The Morgan fingerprint density at radius 1 is 0.839 bits per heavy atom. The van der Waals surface area contributed by atoms with E-state index in [0.29, 0.717) is 22.9 Å². The molecule has 3 saturated carbocycles. The Morgan fingerprint density at radius 3 is 2.19 bits per heavy atom. The molecule has 3 fully saturated rings. The number of ether oxygens (including phenoxy) is 2. The summed E-state index contributed by atoms with van der Waals surface area (Å²) in [6.45, 7) is 15.2. The van der Waals surface area contributed by atoms with Gasteiger partial charge in [0.05, 0.1) is 33.9 Å². The number of carbonyl (C=O) groups excluding carboxylic acids is 1. The average Bonchev–Trinajstić information content (AvgIpc) is 3.57. The Labute approximate surface area is 381 Å². The van der Waals surface area contributed by atoms with E-state index in [2.05, 4.69) is 59.8 Å². The van der Waals surface area contributed by atoms with Gasteiger partial charge in [-0.3, -0.25) is 13.8 Å². The van der Waals surface area contributed by atoms with Gasteiger partial charge < -0.3 is 18.9 Å². The summed E-state index contributed by atoms with van der Waals surface area (Å²) in [6, 6.07) is 0. The second kappa shape index (κ2) is 26.4. The number of likely N-dealkylation sites (N-methyl/N-ethyl adjacent to an activating group) is 1. The lowest BCUT2D eigenvalue weighted by atomic mass is 9.47. The Bertz CT molecular complexity index is 1410. The largest absolute Gasteiger partial charge is 0.472 e. The Hall–Kier alpha value is -1.02. The summed E-state index contributed by atoms with van der Waals surface area (Å²) in [5, 5.41) is 0. The monoisotopic (exact) mass is 891 g/mol. The number of fused-ring (bicyclic) bond motifs is 5. The molecule has 0 heterocycles. The van der Waals surface area contributed by atoms with E-state index < -0.39 is 13.9 Å². The molecule has 10 atom stereocenters. The number of esters is 1. The van der Waals surface area contributed by atoms with Gasteiger partial charge in [-0.25, -0.2) is 4.57 Å². The first kappa shape index (κ1) is 53.6. The van der Waals surface area contributed by atoms with Crippen molar-refractivity contribution in [2.75, 3.05) is 47.5 Å². The minimum atomic E-state index is -4.31. The Balaban J connectivity index is 1.25. The van der Waals surface area contributed by atoms with E-state index in [1.54, 1.807) is 0 Å². The first-order valence-corrected chi connectivity index (χ1v) is 27.5. The summed E-state index contributed by atoms with van der Waals surface area (Å²) in [5.74, 6) is 4.53. The molecule has 8 nitrogen and oxygen atoms in total. The second-order valence-corrected chi connectivity index (χ2v) is 24.0. The van der Waals surface area contributed by atoms with Crippen LogP contribution in [-0.4, -0.2) is 75.1 Å². The highest BCUT2D eigenvalue weighted by Gasteiger charge is 2.59. The number of hydrogen-bond acceptors (Lipinski definition) is 6. The third-order valence-corrected chi connectivity index (χ3v) is 17.1. The maximum Gasteiger partial charge on any atom is 0.472 e. The van der Waals surface area contributed by atoms with Crippen molar-refractivity contribution < 1.29 is 37.3 Å². The number of quaternary nitrogens is 1. The highest BCUT2D eigenvalue weighted by atomic mass is 31.2. The standard InChI is InChI=1S/C53H96NO7P/c1-10-11-12-13-14-15-16-17-18-19-20-21-22-23-24-28-51(55)58-40-46(41-60-62(56,57)59-38-37-54(7,8)9)61-45-33-35-52(5)44(39-45)29-30-47-49-32-31-48(43(4)27-25-26-42(2)3)53(49,6)36-34-50(47)52/h17-18,29,42-43,45-50H,10-16,19-28,30-41H2,1-9H3/p+1/b18-17-/t43-,45+,46+,47+,48-,49+,50+,52+,53-/m1/s1. The first-order chi connectivity index (χ1) is 29.5. The molecular formula is C53H97NO7P+. The summed E-state index contributed by atoms with van der Waals surface area (Å²) in [6.07, 6.45) is 36.3. The van der Waals surface area contributed by atoms with Crippen LogP contribution in [0.1, 0.15) is 202 Å². The van der Waals surface area contributed by atoms with Crippen molar-refractivity contribution in [2.24, 2.45) is 46.3 Å². The van der Waals surface area contributed by atoms with E-state index in [4.69, 9.17) is 18.5 Å². The number of phosphoric acid groups is 1. The van der Waals surface area contributed by atoms with Crippen LogP contribution in [0.3, 0.4) is 0 Å². The lowest BCUT2D eigenvalue weighted by Crippen LogP contribution is -2.51. The van der Waals surface area contributed by atoms with Crippen LogP contribution in [0.25, 0.3) is 0 Å². The number of unbranched alkanes of at least 4 members (excludes halogenated alkanes) is 11. The molecule has 0 aliphatic heterocycles. The summed E-state index contributed by atoms with van der Waals surface area (Å²) in [4.78, 5) is 23.5. The molecule has 4 rings (SSSR count). The lowest BCUT2D eigenvalue weighted by molar-refractivity contribution is -0.870. The number of hydrogen-bond donors (Lipinski definition) is 1. The van der Waals surface area contributed by atoms with Gasteiger partial charge in [-0.1, -0.05) is 136 Å². The van der Waals surface area contributed by atoms with Crippen LogP contribution in [0.2, 0.25) is 0 Å². The molecule has 0 aromatic heterocycles. The third kappa shape index (κ3) is 17.3. The topological polar surface area (TPSA) is 91.3 Å². The second-order valence-electron chi connectivity index (χ2n) is 22.5. The van der Waals surface area contributed by atoms with E-state index in [1.807, 2.05) is 21.1 Å². The minimum absolute atomic E-state index is 0.00236. The average molecular weight is 891 g/mol. The Morgan fingerprint density at radius 2 is 1.52 bits per heavy atom. The van der Waals surface area contributed by atoms with E-state index in [0.717, 1.165) is 80.5 Å². The predicted molar refractivity (Wildman–Crippen MR) is 257 cm³/mol. The van der Waals surface area contributed by atoms with Gasteiger partial charge in [-0.2, -0.15) is 0 Å². The molecule has 0 saturated heterocycles. The van der Waals surface area contributed by atoms with Crippen molar-refractivity contribution in [1.29, 1.82) is 0 Å². The van der Waals surface area contributed by atoms with Gasteiger partial charge >= 0.3 is 13.8 Å². The summed E-state index contributed by atoms with van der Waals surface area (Å²) >= 11 is 0. The van der Waals surface area contributed by atoms with E-state index >= 15 is 0 Å². The van der Waals surface area contributed by atoms with Crippen LogP contribution in [0, 0.1) is 46.3 Å². The van der Waals surface area contributed by atoms with Crippen molar-refractivity contribution in [3.05, 3.63) is 23.8 Å². The minimum Gasteiger partial charge on any atom is -0.463 e. The molecule has 9 heteroatoms. The van der Waals surface area contributed by atoms with Crippen molar-refractivity contribution in [1.82, 2.24) is 0 Å². The highest BCUT2D eigenvalue weighted by molar-refractivity contribution is 7.47. The van der Waals surface area contributed by atoms with Gasteiger partial charge in [0.1, 0.15) is 25.9 Å². The maximum atomic E-state index is 12.9. The molecule has 0 spiro atoms. The van der Waals surface area contributed by atoms with E-state index in [-0.39, 0.29) is 37.3 Å². The normalized spacial score (nSPS) is 29.5. The predicted octanol–water partition coefficient (Wildman–Crippen LogP) is 14.2. The van der Waals surface area contributed by atoms with Gasteiger partial charge in [0.25, 0.3) is 0 Å².